The number of hydrogen-bond acceptors (Lipinski definition) is 8. The number of hydrogen-bond donors (Lipinski definition) is 2. The first kappa shape index (κ1) is 92.4. The fourth-order valence-corrected chi connectivity index (χ4v) is 13.3. The largest absolute Gasteiger partial charge is 0.472 e. The molecular formula is C85H158NO8P. The summed E-state index contributed by atoms with van der Waals surface area (Å²) < 4.78 is 33.3. The number of esters is 2. The molecule has 0 aliphatic rings. The van der Waals surface area contributed by atoms with Crippen LogP contribution in [-0.4, -0.2) is 49.3 Å². The molecule has 95 heavy (non-hydrogen) atoms. The van der Waals surface area contributed by atoms with E-state index in [1.165, 1.54) is 327 Å². The first-order chi connectivity index (χ1) is 46.8. The maximum Gasteiger partial charge on any atom is 0.472 e. The average molecular weight is 1350 g/mol. The molecule has 0 aliphatic heterocycles. The zero-order valence-electron chi connectivity index (χ0n) is 62.9. The fraction of sp³-hybridized carbons (Fsp3) is 0.835. The second kappa shape index (κ2) is 80.4. The molecule has 0 amide bonds. The predicted octanol–water partition coefficient (Wildman–Crippen LogP) is 27.9. The van der Waals surface area contributed by atoms with Crippen LogP contribution in [0.1, 0.15) is 425 Å². The van der Waals surface area contributed by atoms with Gasteiger partial charge in [0, 0.05) is 19.4 Å². The van der Waals surface area contributed by atoms with E-state index in [0.717, 1.165) is 64.2 Å². The van der Waals surface area contributed by atoms with Crippen LogP contribution >= 0.6 is 7.82 Å². The van der Waals surface area contributed by atoms with Gasteiger partial charge in [-0.15, -0.1) is 0 Å². The minimum absolute atomic E-state index is 0.0552. The Morgan fingerprint density at radius 3 is 0.863 bits per heavy atom. The number of ether oxygens (including phenoxy) is 2. The summed E-state index contributed by atoms with van der Waals surface area (Å²) in [7, 11) is -4.40. The molecular weight excluding hydrogens is 1190 g/mol. The summed E-state index contributed by atoms with van der Waals surface area (Å²) in [5, 5.41) is 0. The van der Waals surface area contributed by atoms with Crippen LogP contribution in [0.15, 0.2) is 72.9 Å². The fourth-order valence-electron chi connectivity index (χ4n) is 12.5. The summed E-state index contributed by atoms with van der Waals surface area (Å²) in [6, 6.07) is 0. The first-order valence-electron chi connectivity index (χ1n) is 41.4. The highest BCUT2D eigenvalue weighted by molar-refractivity contribution is 7.47. The van der Waals surface area contributed by atoms with Crippen LogP contribution in [0.4, 0.5) is 0 Å². The number of phosphoric ester groups is 1. The summed E-state index contributed by atoms with van der Waals surface area (Å²) in [4.78, 5) is 35.5. The molecule has 0 aliphatic carbocycles. The molecule has 0 saturated carbocycles. The lowest BCUT2D eigenvalue weighted by atomic mass is 10.0. The van der Waals surface area contributed by atoms with Crippen molar-refractivity contribution in [2.24, 2.45) is 5.73 Å². The van der Waals surface area contributed by atoms with E-state index in [4.69, 9.17) is 24.3 Å². The molecule has 2 atom stereocenters. The van der Waals surface area contributed by atoms with Gasteiger partial charge in [0.15, 0.2) is 6.10 Å². The lowest BCUT2D eigenvalue weighted by molar-refractivity contribution is -0.161. The molecule has 2 unspecified atom stereocenters. The molecule has 0 aromatic carbocycles. The van der Waals surface area contributed by atoms with Crippen molar-refractivity contribution >= 4 is 19.8 Å². The normalized spacial score (nSPS) is 13.2. The van der Waals surface area contributed by atoms with E-state index in [1.54, 1.807) is 0 Å². The van der Waals surface area contributed by atoms with Crippen molar-refractivity contribution in [2.75, 3.05) is 26.4 Å². The number of unbranched alkanes of at least 4 members (excludes halogenated alkanes) is 54. The summed E-state index contributed by atoms with van der Waals surface area (Å²) >= 11 is 0. The second-order valence-corrected chi connectivity index (χ2v) is 29.4. The third kappa shape index (κ3) is 80.3. The molecule has 0 saturated heterocycles. The highest BCUT2D eigenvalue weighted by atomic mass is 31.2. The van der Waals surface area contributed by atoms with Crippen molar-refractivity contribution in [3.8, 4) is 0 Å². The molecule has 9 nitrogen and oxygen atoms in total. The first-order valence-corrected chi connectivity index (χ1v) is 42.9. The van der Waals surface area contributed by atoms with Gasteiger partial charge in [-0.2, -0.15) is 0 Å². The van der Waals surface area contributed by atoms with Gasteiger partial charge < -0.3 is 20.1 Å². The van der Waals surface area contributed by atoms with Gasteiger partial charge in [-0.05, 0) is 83.5 Å². The topological polar surface area (TPSA) is 134 Å². The number of phosphoric acid groups is 1. The van der Waals surface area contributed by atoms with Gasteiger partial charge in [-0.25, -0.2) is 4.57 Å². The molecule has 0 spiro atoms. The van der Waals surface area contributed by atoms with Crippen LogP contribution in [0.2, 0.25) is 0 Å². The Bertz CT molecular complexity index is 1790. The third-order valence-electron chi connectivity index (χ3n) is 18.6. The van der Waals surface area contributed by atoms with E-state index in [9.17, 15) is 19.0 Å². The molecule has 0 radical (unpaired) electrons. The van der Waals surface area contributed by atoms with E-state index in [2.05, 4.69) is 86.8 Å². The van der Waals surface area contributed by atoms with E-state index < -0.39 is 26.5 Å². The van der Waals surface area contributed by atoms with Gasteiger partial charge in [0.1, 0.15) is 6.61 Å². The van der Waals surface area contributed by atoms with Crippen LogP contribution in [-0.2, 0) is 32.7 Å². The number of carbonyl (C=O) groups is 2. The molecule has 0 heterocycles. The Kier molecular flexibility index (Phi) is 78.3. The van der Waals surface area contributed by atoms with Gasteiger partial charge in [0.25, 0.3) is 0 Å². The van der Waals surface area contributed by atoms with Crippen LogP contribution in [0.25, 0.3) is 0 Å². The van der Waals surface area contributed by atoms with Crippen LogP contribution < -0.4 is 5.73 Å². The highest BCUT2D eigenvalue weighted by Crippen LogP contribution is 2.43. The molecule has 0 aromatic rings. The van der Waals surface area contributed by atoms with Crippen molar-refractivity contribution in [1.82, 2.24) is 0 Å². The Hall–Kier alpha value is -2.55. The van der Waals surface area contributed by atoms with Gasteiger partial charge >= 0.3 is 19.8 Å². The van der Waals surface area contributed by atoms with Crippen LogP contribution in [0.5, 0.6) is 0 Å². The summed E-state index contributed by atoms with van der Waals surface area (Å²) in [6.07, 6.45) is 108. The van der Waals surface area contributed by atoms with Crippen molar-refractivity contribution < 1.29 is 37.6 Å². The highest BCUT2D eigenvalue weighted by Gasteiger charge is 2.26. The standard InChI is InChI=1S/C85H158NO8P/c1-3-5-7-9-11-13-15-17-19-21-23-25-27-29-31-33-35-37-39-40-41-42-44-45-47-49-51-53-55-57-59-61-63-65-67-69-71-73-75-77-84(87)91-81-83(82-93-95(89,90)92-80-79-86)94-85(88)78-76-74-72-70-68-66-64-62-60-58-56-54-52-50-48-46-43-38-36-34-32-30-28-26-24-22-20-18-16-14-12-10-8-6-4-2/h6,8,12,14-15,17-18,20-21,23-24,26,83H,3-5,7,9-11,13,16,19,22,25,27-82,86H2,1-2H3,(H,89,90)/b8-6-,14-12-,17-15-,20-18-,23-21-,26-24-. The summed E-state index contributed by atoms with van der Waals surface area (Å²) in [5.41, 5.74) is 5.42. The zero-order valence-corrected chi connectivity index (χ0v) is 63.8. The Labute approximate surface area is 590 Å². The Morgan fingerprint density at radius 1 is 0.326 bits per heavy atom. The number of nitrogens with two attached hydrogens (primary N) is 1. The molecule has 0 fully saturated rings. The maximum atomic E-state index is 12.8. The average Bonchev–Trinajstić information content (AvgIpc) is 3.32. The molecule has 10 heteroatoms. The van der Waals surface area contributed by atoms with E-state index in [0.29, 0.717) is 6.42 Å². The van der Waals surface area contributed by atoms with E-state index in [-0.39, 0.29) is 38.6 Å². The monoisotopic (exact) mass is 1350 g/mol. The lowest BCUT2D eigenvalue weighted by Crippen LogP contribution is -2.29. The molecule has 556 valence electrons. The Morgan fingerprint density at radius 2 is 0.579 bits per heavy atom. The van der Waals surface area contributed by atoms with Crippen molar-refractivity contribution in [3.63, 3.8) is 0 Å². The van der Waals surface area contributed by atoms with Gasteiger partial charge in [0.05, 0.1) is 13.2 Å². The second-order valence-electron chi connectivity index (χ2n) is 28.0. The van der Waals surface area contributed by atoms with Crippen molar-refractivity contribution in [3.05, 3.63) is 72.9 Å². The minimum Gasteiger partial charge on any atom is -0.462 e. The SMILES string of the molecule is CC/C=C\C/C=C\C/C=C\C/C=C\CCCCCCCCCCCCCCCCCCCCCCCCC(=O)OC(COC(=O)CCCCCCCCCCCCCCCCCCCCCCCCCCCCC/C=C\C/C=C\CCCCCCC)COP(=O)(O)OCCN. The summed E-state index contributed by atoms with van der Waals surface area (Å²) in [5.74, 6) is -0.803. The van der Waals surface area contributed by atoms with Gasteiger partial charge in [-0.3, -0.25) is 18.6 Å². The Balaban J connectivity index is 3.73. The van der Waals surface area contributed by atoms with Crippen molar-refractivity contribution in [2.45, 2.75) is 431 Å². The smallest absolute Gasteiger partial charge is 0.462 e. The van der Waals surface area contributed by atoms with E-state index >= 15 is 0 Å². The van der Waals surface area contributed by atoms with Gasteiger partial charge in [-0.1, -0.05) is 401 Å². The molecule has 0 rings (SSSR count). The maximum absolute atomic E-state index is 12.8. The van der Waals surface area contributed by atoms with E-state index in [1.807, 2.05) is 0 Å². The number of rotatable bonds is 79. The molecule has 0 aromatic heterocycles. The summed E-state index contributed by atoms with van der Waals surface area (Å²) in [6.45, 7) is 3.70. The third-order valence-corrected chi connectivity index (χ3v) is 19.6. The number of allylic oxidation sites excluding steroid dienone is 12. The zero-order chi connectivity index (χ0) is 68.6. The van der Waals surface area contributed by atoms with Crippen LogP contribution in [0, 0.1) is 0 Å². The van der Waals surface area contributed by atoms with Crippen LogP contribution in [0.3, 0.4) is 0 Å². The van der Waals surface area contributed by atoms with Crippen molar-refractivity contribution in [1.29, 1.82) is 0 Å². The molecule has 3 N–H and O–H groups in total. The predicted molar refractivity (Wildman–Crippen MR) is 413 cm³/mol. The molecule has 0 bridgehead atoms. The van der Waals surface area contributed by atoms with Gasteiger partial charge in [0.2, 0.25) is 0 Å². The lowest BCUT2D eigenvalue weighted by Gasteiger charge is -2.19. The number of carbonyl (C=O) groups excluding carboxylic acids is 2. The quantitative estimate of drug-likeness (QED) is 0.0264. The minimum atomic E-state index is -4.40.